The van der Waals surface area contributed by atoms with Crippen LogP contribution < -0.4 is 17.0 Å². The molecular formula is C7H4BrF3Mg. The van der Waals surface area contributed by atoms with Gasteiger partial charge in [0.2, 0.25) is 0 Å². The van der Waals surface area contributed by atoms with Crippen LogP contribution in [0.25, 0.3) is 0 Å². The van der Waals surface area contributed by atoms with Crippen LogP contribution in [0.3, 0.4) is 0 Å². The Bertz CT molecular complexity index is 210. The minimum atomic E-state index is -4.23. The second-order valence-corrected chi connectivity index (χ2v) is 1.79. The van der Waals surface area contributed by atoms with Crippen molar-refractivity contribution in [3.8, 4) is 0 Å². The van der Waals surface area contributed by atoms with Crippen LogP contribution in [0, 0.1) is 6.07 Å². The molecule has 1 aromatic rings. The van der Waals surface area contributed by atoms with Crippen molar-refractivity contribution in [2.75, 3.05) is 0 Å². The van der Waals surface area contributed by atoms with E-state index in [9.17, 15) is 13.2 Å². The maximum atomic E-state index is 11.8. The molecule has 1 rings (SSSR count). The fourth-order valence-electron chi connectivity index (χ4n) is 0.576. The first-order chi connectivity index (χ1) is 4.61. The summed E-state index contributed by atoms with van der Waals surface area (Å²) in [6.07, 6.45) is -4.23. The molecule has 62 valence electrons. The Morgan fingerprint density at radius 3 is 1.75 bits per heavy atom. The number of benzene rings is 1. The van der Waals surface area contributed by atoms with E-state index in [1.807, 2.05) is 0 Å². The van der Waals surface area contributed by atoms with Gasteiger partial charge < -0.3 is 17.0 Å². The van der Waals surface area contributed by atoms with Crippen molar-refractivity contribution in [1.82, 2.24) is 0 Å². The molecular weight excluding hydrogens is 245 g/mol. The standard InChI is InChI=1S/C7H4F3.BrH.Mg/c8-7(9,10)6-4-2-1-3-5-6;;/h2-5H;1H;/q-1;;+2/p-1. The van der Waals surface area contributed by atoms with Gasteiger partial charge in [-0.25, -0.2) is 0 Å². The molecule has 0 bridgehead atoms. The van der Waals surface area contributed by atoms with Gasteiger partial charge in [0.15, 0.2) is 0 Å². The van der Waals surface area contributed by atoms with E-state index in [1.165, 1.54) is 12.1 Å². The quantitative estimate of drug-likeness (QED) is 0.414. The number of rotatable bonds is 0. The van der Waals surface area contributed by atoms with E-state index in [-0.39, 0.29) is 40.0 Å². The molecule has 0 N–H and O–H groups in total. The number of hydrogen-bond acceptors (Lipinski definition) is 0. The van der Waals surface area contributed by atoms with Crippen LogP contribution in [0.4, 0.5) is 13.2 Å². The number of hydrogen-bond donors (Lipinski definition) is 0. The van der Waals surface area contributed by atoms with Crippen molar-refractivity contribution in [1.29, 1.82) is 0 Å². The fraction of sp³-hybridized carbons (Fsp3) is 0.143. The van der Waals surface area contributed by atoms with Crippen molar-refractivity contribution in [3.05, 3.63) is 35.9 Å². The van der Waals surface area contributed by atoms with Crippen molar-refractivity contribution in [2.24, 2.45) is 0 Å². The molecule has 0 aliphatic carbocycles. The number of alkyl halides is 3. The minimum Gasteiger partial charge on any atom is -1.00 e. The Morgan fingerprint density at radius 1 is 1.08 bits per heavy atom. The molecule has 0 unspecified atom stereocenters. The average Bonchev–Trinajstić information content (AvgIpc) is 1.88. The Balaban J connectivity index is 0. The molecule has 0 fully saturated rings. The second kappa shape index (κ2) is 5.83. The molecule has 0 aliphatic heterocycles. The minimum absolute atomic E-state index is 0. The zero-order valence-electron chi connectivity index (χ0n) is 6.03. The van der Waals surface area contributed by atoms with Crippen LogP contribution in [0.1, 0.15) is 5.56 Å². The normalized spacial score (nSPS) is 9.58. The summed E-state index contributed by atoms with van der Waals surface area (Å²) >= 11 is 0. The molecule has 1 aromatic carbocycles. The predicted octanol–water partition coefficient (Wildman–Crippen LogP) is -0.871. The summed E-state index contributed by atoms with van der Waals surface area (Å²) in [6.45, 7) is 0. The number of halogens is 4. The van der Waals surface area contributed by atoms with Crippen molar-refractivity contribution in [2.45, 2.75) is 6.18 Å². The molecule has 0 saturated carbocycles. The van der Waals surface area contributed by atoms with Crippen LogP contribution in [0.15, 0.2) is 24.3 Å². The van der Waals surface area contributed by atoms with Crippen LogP contribution in [-0.2, 0) is 6.18 Å². The van der Waals surface area contributed by atoms with Gasteiger partial charge in [-0.15, -0.1) is 0 Å². The van der Waals surface area contributed by atoms with Crippen molar-refractivity contribution in [3.63, 3.8) is 0 Å². The summed E-state index contributed by atoms with van der Waals surface area (Å²) in [6, 6.07) is 6.95. The monoisotopic (exact) mass is 248 g/mol. The Kier molecular flexibility index (Phi) is 7.17. The zero-order valence-corrected chi connectivity index (χ0v) is 9.03. The topological polar surface area (TPSA) is 0 Å². The second-order valence-electron chi connectivity index (χ2n) is 1.79. The molecule has 0 radical (unpaired) electrons. The molecule has 0 aromatic heterocycles. The molecule has 0 amide bonds. The first kappa shape index (κ1) is 14.8. The van der Waals surface area contributed by atoms with E-state index >= 15 is 0 Å². The molecule has 0 aliphatic rings. The third kappa shape index (κ3) is 4.32. The maximum Gasteiger partial charge on any atom is 2.00 e. The molecule has 0 spiro atoms. The largest absolute Gasteiger partial charge is 2.00 e. The van der Waals surface area contributed by atoms with E-state index < -0.39 is 11.7 Å². The molecule has 0 saturated heterocycles. The summed E-state index contributed by atoms with van der Waals surface area (Å²) < 4.78 is 35.3. The zero-order chi connectivity index (χ0) is 7.61. The van der Waals surface area contributed by atoms with E-state index in [0.29, 0.717) is 0 Å². The van der Waals surface area contributed by atoms with Gasteiger partial charge in [0, 0.05) is 0 Å². The molecule has 12 heavy (non-hydrogen) atoms. The summed E-state index contributed by atoms with van der Waals surface area (Å²) in [5.41, 5.74) is -0.633. The fourth-order valence-corrected chi connectivity index (χ4v) is 0.576. The predicted molar refractivity (Wildman–Crippen MR) is 36.0 cm³/mol. The Hall–Kier alpha value is 0.256. The van der Waals surface area contributed by atoms with Crippen molar-refractivity contribution >= 4 is 23.1 Å². The third-order valence-electron chi connectivity index (χ3n) is 1.05. The van der Waals surface area contributed by atoms with Gasteiger partial charge in [0.1, 0.15) is 0 Å². The molecule has 0 heterocycles. The van der Waals surface area contributed by atoms with Crippen LogP contribution >= 0.6 is 0 Å². The maximum absolute atomic E-state index is 11.8. The Labute approximate surface area is 95.1 Å². The van der Waals surface area contributed by atoms with Gasteiger partial charge >= 0.3 is 29.2 Å². The van der Waals surface area contributed by atoms with Gasteiger partial charge in [-0.2, -0.15) is 43.5 Å². The van der Waals surface area contributed by atoms with E-state index in [1.54, 1.807) is 0 Å². The average molecular weight is 249 g/mol. The summed E-state index contributed by atoms with van der Waals surface area (Å²) in [5.74, 6) is 0. The molecule has 0 atom stereocenters. The van der Waals surface area contributed by atoms with Crippen LogP contribution in [-0.4, -0.2) is 23.1 Å². The molecule has 5 heteroatoms. The summed E-state index contributed by atoms with van der Waals surface area (Å²) in [5, 5.41) is 0. The first-order valence-electron chi connectivity index (χ1n) is 2.64. The van der Waals surface area contributed by atoms with E-state index in [4.69, 9.17) is 0 Å². The third-order valence-corrected chi connectivity index (χ3v) is 1.05. The summed E-state index contributed by atoms with van der Waals surface area (Å²) in [4.78, 5) is 0. The SMILES string of the molecule is FC(F)(F)c1cc[c-]cc1.[Br-].[Mg+2]. The van der Waals surface area contributed by atoms with Crippen molar-refractivity contribution < 1.29 is 30.2 Å². The van der Waals surface area contributed by atoms with Crippen LogP contribution in [0.5, 0.6) is 0 Å². The van der Waals surface area contributed by atoms with Crippen LogP contribution in [0.2, 0.25) is 0 Å². The van der Waals surface area contributed by atoms with Gasteiger partial charge in [0.25, 0.3) is 0 Å². The first-order valence-corrected chi connectivity index (χ1v) is 2.64. The summed E-state index contributed by atoms with van der Waals surface area (Å²) in [7, 11) is 0. The molecule has 0 nitrogen and oxygen atoms in total. The van der Waals surface area contributed by atoms with Gasteiger partial charge in [-0.1, -0.05) is 5.56 Å². The van der Waals surface area contributed by atoms with E-state index in [0.717, 1.165) is 12.1 Å². The smallest absolute Gasteiger partial charge is 1.00 e. The van der Waals surface area contributed by atoms with E-state index in [2.05, 4.69) is 6.07 Å². The van der Waals surface area contributed by atoms with Gasteiger partial charge in [-0.05, 0) is 0 Å². The van der Waals surface area contributed by atoms with Gasteiger partial charge in [0.05, 0.1) is 0 Å². The Morgan fingerprint density at radius 2 is 1.50 bits per heavy atom. The van der Waals surface area contributed by atoms with Gasteiger partial charge in [-0.3, -0.25) is 0 Å².